The third-order valence-corrected chi connectivity index (χ3v) is 7.42. The van der Waals surface area contributed by atoms with Crippen LogP contribution in [0.4, 0.5) is 0 Å². The Bertz CT molecular complexity index is 514. The predicted octanol–water partition coefficient (Wildman–Crippen LogP) is 8.56. The van der Waals surface area contributed by atoms with Crippen LogP contribution < -0.4 is 0 Å². The summed E-state index contributed by atoms with van der Waals surface area (Å²) in [7, 11) is 0. The minimum absolute atomic E-state index is 0.0885. The molecule has 1 fully saturated rings. The number of carbonyl (C=O) groups excluding carboxylic acids is 1. The van der Waals surface area contributed by atoms with Gasteiger partial charge in [0.15, 0.2) is 0 Å². The minimum atomic E-state index is -0.848. The fraction of sp³-hybridized carbons (Fsp3) is 0.931. The van der Waals surface area contributed by atoms with Gasteiger partial charge < -0.3 is 9.84 Å². The molecule has 3 atom stereocenters. The van der Waals surface area contributed by atoms with E-state index in [1.54, 1.807) is 0 Å². The lowest BCUT2D eigenvalue weighted by Crippen LogP contribution is -2.36. The predicted molar refractivity (Wildman–Crippen MR) is 137 cm³/mol. The summed E-state index contributed by atoms with van der Waals surface area (Å²) in [5, 5.41) is 9.45. The Morgan fingerprint density at radius 2 is 1.12 bits per heavy atom. The summed E-state index contributed by atoms with van der Waals surface area (Å²) in [6.07, 6.45) is 21.2. The molecule has 0 spiro atoms. The number of aliphatic carboxylic acids is 1. The number of esters is 1. The second-order valence-electron chi connectivity index (χ2n) is 11.3. The standard InChI is InChI=1S/C29H54O4/c1-23(2)19-15-13-11-9-7-5-6-8-10-12-14-16-22-27(24(3)4)33-29(32)26-21-18-17-20-25(26)28(30)31/h23-27H,5-22H2,1-4H3,(H,30,31). The lowest BCUT2D eigenvalue weighted by Gasteiger charge is -2.30. The van der Waals surface area contributed by atoms with Crippen molar-refractivity contribution in [1.29, 1.82) is 0 Å². The Morgan fingerprint density at radius 3 is 1.55 bits per heavy atom. The molecular weight excluding hydrogens is 412 g/mol. The molecule has 0 aliphatic heterocycles. The molecule has 3 unspecified atom stereocenters. The van der Waals surface area contributed by atoms with Gasteiger partial charge in [-0.15, -0.1) is 0 Å². The molecule has 1 rings (SSSR count). The summed E-state index contributed by atoms with van der Waals surface area (Å²) in [5.74, 6) is -1.03. The average molecular weight is 467 g/mol. The van der Waals surface area contributed by atoms with E-state index < -0.39 is 17.8 Å². The number of carboxylic acids is 1. The molecule has 4 heteroatoms. The number of rotatable bonds is 19. The Kier molecular flexibility index (Phi) is 16.6. The van der Waals surface area contributed by atoms with E-state index in [4.69, 9.17) is 4.74 Å². The summed E-state index contributed by atoms with van der Waals surface area (Å²) >= 11 is 0. The van der Waals surface area contributed by atoms with Gasteiger partial charge in [0.2, 0.25) is 0 Å². The highest BCUT2D eigenvalue weighted by Gasteiger charge is 2.37. The van der Waals surface area contributed by atoms with Gasteiger partial charge in [-0.1, -0.05) is 118 Å². The molecule has 1 N–H and O–H groups in total. The van der Waals surface area contributed by atoms with Crippen molar-refractivity contribution in [3.8, 4) is 0 Å². The fourth-order valence-electron chi connectivity index (χ4n) is 5.14. The third-order valence-electron chi connectivity index (χ3n) is 7.42. The average Bonchev–Trinajstić information content (AvgIpc) is 2.77. The first-order valence-electron chi connectivity index (χ1n) is 14.3. The first-order valence-corrected chi connectivity index (χ1v) is 14.3. The van der Waals surface area contributed by atoms with Crippen LogP contribution in [0.2, 0.25) is 0 Å². The zero-order valence-electron chi connectivity index (χ0n) is 22.3. The molecule has 1 aliphatic carbocycles. The van der Waals surface area contributed by atoms with Crippen molar-refractivity contribution in [2.75, 3.05) is 0 Å². The Morgan fingerprint density at radius 1 is 0.697 bits per heavy atom. The summed E-state index contributed by atoms with van der Waals surface area (Å²) in [5.41, 5.74) is 0. The molecule has 194 valence electrons. The minimum Gasteiger partial charge on any atom is -0.481 e. The molecular formula is C29H54O4. The molecule has 0 saturated heterocycles. The van der Waals surface area contributed by atoms with E-state index in [9.17, 15) is 14.7 Å². The Labute approximate surface area is 204 Å². The van der Waals surface area contributed by atoms with Crippen molar-refractivity contribution in [1.82, 2.24) is 0 Å². The van der Waals surface area contributed by atoms with Crippen LogP contribution in [0.15, 0.2) is 0 Å². The van der Waals surface area contributed by atoms with Crippen molar-refractivity contribution in [2.24, 2.45) is 23.7 Å². The number of ether oxygens (including phenoxy) is 1. The lowest BCUT2D eigenvalue weighted by molar-refractivity contribution is -0.165. The maximum absolute atomic E-state index is 12.7. The maximum Gasteiger partial charge on any atom is 0.310 e. The van der Waals surface area contributed by atoms with Gasteiger partial charge in [-0.3, -0.25) is 9.59 Å². The first-order chi connectivity index (χ1) is 15.8. The van der Waals surface area contributed by atoms with Crippen molar-refractivity contribution < 1.29 is 19.4 Å². The number of unbranched alkanes of at least 4 members (excludes halogenated alkanes) is 11. The van der Waals surface area contributed by atoms with Crippen molar-refractivity contribution in [3.05, 3.63) is 0 Å². The lowest BCUT2D eigenvalue weighted by atomic mass is 9.79. The molecule has 0 aromatic heterocycles. The second-order valence-corrected chi connectivity index (χ2v) is 11.3. The highest BCUT2D eigenvalue weighted by molar-refractivity contribution is 5.81. The van der Waals surface area contributed by atoms with E-state index in [2.05, 4.69) is 27.7 Å². The molecule has 1 saturated carbocycles. The smallest absolute Gasteiger partial charge is 0.310 e. The quantitative estimate of drug-likeness (QED) is 0.153. The van der Waals surface area contributed by atoms with Crippen LogP contribution in [0, 0.1) is 23.7 Å². The molecule has 0 bridgehead atoms. The van der Waals surface area contributed by atoms with Crippen LogP contribution in [0.5, 0.6) is 0 Å². The normalized spacial score (nSPS) is 19.7. The van der Waals surface area contributed by atoms with Crippen LogP contribution >= 0.6 is 0 Å². The Balaban J connectivity index is 2.08. The van der Waals surface area contributed by atoms with Crippen LogP contribution in [0.1, 0.15) is 143 Å². The van der Waals surface area contributed by atoms with Crippen LogP contribution in [0.25, 0.3) is 0 Å². The molecule has 1 aliphatic rings. The number of carboxylic acid groups (broad SMARTS) is 1. The van der Waals surface area contributed by atoms with E-state index in [1.807, 2.05) is 0 Å². The van der Waals surface area contributed by atoms with Crippen LogP contribution in [0.3, 0.4) is 0 Å². The maximum atomic E-state index is 12.7. The van der Waals surface area contributed by atoms with E-state index in [-0.39, 0.29) is 18.0 Å². The Hall–Kier alpha value is -1.06. The molecule has 0 heterocycles. The fourth-order valence-corrected chi connectivity index (χ4v) is 5.14. The van der Waals surface area contributed by atoms with E-state index >= 15 is 0 Å². The highest BCUT2D eigenvalue weighted by atomic mass is 16.5. The van der Waals surface area contributed by atoms with Crippen LogP contribution in [-0.4, -0.2) is 23.1 Å². The van der Waals surface area contributed by atoms with Gasteiger partial charge in [-0.05, 0) is 37.5 Å². The molecule has 0 amide bonds. The van der Waals surface area contributed by atoms with Gasteiger partial charge in [-0.25, -0.2) is 0 Å². The van der Waals surface area contributed by atoms with Crippen molar-refractivity contribution >= 4 is 11.9 Å². The van der Waals surface area contributed by atoms with Crippen molar-refractivity contribution in [2.45, 2.75) is 149 Å². The summed E-state index contributed by atoms with van der Waals surface area (Å²) in [4.78, 5) is 24.2. The van der Waals surface area contributed by atoms with Crippen molar-refractivity contribution in [3.63, 3.8) is 0 Å². The molecule has 33 heavy (non-hydrogen) atoms. The summed E-state index contributed by atoms with van der Waals surface area (Å²) in [6.45, 7) is 8.82. The highest BCUT2D eigenvalue weighted by Crippen LogP contribution is 2.32. The second kappa shape index (κ2) is 18.3. The molecule has 0 aromatic rings. The van der Waals surface area contributed by atoms with Gasteiger partial charge >= 0.3 is 11.9 Å². The van der Waals surface area contributed by atoms with Gasteiger partial charge in [0.1, 0.15) is 6.10 Å². The largest absolute Gasteiger partial charge is 0.481 e. The molecule has 4 nitrogen and oxygen atoms in total. The zero-order valence-corrected chi connectivity index (χ0v) is 22.3. The zero-order chi connectivity index (χ0) is 24.5. The molecule has 0 aromatic carbocycles. The van der Waals surface area contributed by atoms with E-state index in [0.717, 1.165) is 31.6 Å². The monoisotopic (exact) mass is 466 g/mol. The third kappa shape index (κ3) is 14.1. The van der Waals surface area contributed by atoms with Gasteiger partial charge in [0.05, 0.1) is 11.8 Å². The van der Waals surface area contributed by atoms with Gasteiger partial charge in [0.25, 0.3) is 0 Å². The SMILES string of the molecule is CC(C)CCCCCCCCCCCCCCC(OC(=O)C1CCCCC1C(=O)O)C(C)C. The summed E-state index contributed by atoms with van der Waals surface area (Å²) in [6, 6.07) is 0. The van der Waals surface area contributed by atoms with Gasteiger partial charge in [-0.2, -0.15) is 0 Å². The molecule has 0 radical (unpaired) electrons. The number of hydrogen-bond donors (Lipinski definition) is 1. The number of hydrogen-bond acceptors (Lipinski definition) is 3. The summed E-state index contributed by atoms with van der Waals surface area (Å²) < 4.78 is 5.85. The van der Waals surface area contributed by atoms with Gasteiger partial charge in [0, 0.05) is 0 Å². The van der Waals surface area contributed by atoms with E-state index in [0.29, 0.717) is 12.8 Å². The van der Waals surface area contributed by atoms with E-state index in [1.165, 1.54) is 77.0 Å². The van der Waals surface area contributed by atoms with Crippen LogP contribution in [-0.2, 0) is 14.3 Å². The first kappa shape index (κ1) is 30.0. The topological polar surface area (TPSA) is 63.6 Å². The number of carbonyl (C=O) groups is 2.